The molecule has 1 unspecified atom stereocenters. The second-order valence-corrected chi connectivity index (χ2v) is 9.35. The van der Waals surface area contributed by atoms with Gasteiger partial charge in [-0.15, -0.1) is 10.2 Å². The summed E-state index contributed by atoms with van der Waals surface area (Å²) in [6, 6.07) is 8.87. The molecule has 0 radical (unpaired) electrons. The van der Waals surface area contributed by atoms with Crippen molar-refractivity contribution in [1.82, 2.24) is 33.8 Å². The van der Waals surface area contributed by atoms with Crippen LogP contribution in [0.25, 0.3) is 16.7 Å². The fraction of sp³-hybridized carbons (Fsp3) is 0.480. The molecule has 182 valence electrons. The van der Waals surface area contributed by atoms with Crippen molar-refractivity contribution >= 4 is 22.4 Å². The molecule has 0 bridgehead atoms. The maximum atomic E-state index is 12.9. The Labute approximate surface area is 204 Å². The fourth-order valence-electron chi connectivity index (χ4n) is 5.35. The molecule has 5 heterocycles. The van der Waals surface area contributed by atoms with Crippen molar-refractivity contribution in [3.05, 3.63) is 52.8 Å². The van der Waals surface area contributed by atoms with Crippen LogP contribution in [0, 0.1) is 11.3 Å². The van der Waals surface area contributed by atoms with Crippen molar-refractivity contribution in [3.63, 3.8) is 0 Å². The van der Waals surface area contributed by atoms with Crippen molar-refractivity contribution < 1.29 is 0 Å². The van der Waals surface area contributed by atoms with E-state index in [4.69, 9.17) is 5.26 Å². The average molecular weight is 474 g/mol. The van der Waals surface area contributed by atoms with Crippen LogP contribution in [0.2, 0.25) is 0 Å². The first-order chi connectivity index (χ1) is 16.9. The summed E-state index contributed by atoms with van der Waals surface area (Å²) in [6.45, 7) is 8.51. The molecule has 4 aromatic rings. The first kappa shape index (κ1) is 23.1. The van der Waals surface area contributed by atoms with E-state index in [0.717, 1.165) is 48.3 Å². The smallest absolute Gasteiger partial charge is 0.252 e. The Bertz CT molecular complexity index is 1460. The number of pyridine rings is 2. The number of nitriles is 1. The molecule has 1 saturated heterocycles. The predicted molar refractivity (Wildman–Crippen MR) is 134 cm³/mol. The van der Waals surface area contributed by atoms with E-state index in [9.17, 15) is 4.79 Å². The highest BCUT2D eigenvalue weighted by Gasteiger charge is 2.36. The van der Waals surface area contributed by atoms with Gasteiger partial charge in [-0.2, -0.15) is 10.4 Å². The van der Waals surface area contributed by atoms with E-state index < -0.39 is 0 Å². The number of hydrogen-bond donors (Lipinski definition) is 0. The predicted octanol–water partition coefficient (Wildman–Crippen LogP) is 2.74. The molecule has 0 N–H and O–H groups in total. The van der Waals surface area contributed by atoms with E-state index in [2.05, 4.69) is 64.1 Å². The van der Waals surface area contributed by atoms with Crippen LogP contribution in [0.5, 0.6) is 0 Å². The van der Waals surface area contributed by atoms with Gasteiger partial charge in [0, 0.05) is 50.5 Å². The van der Waals surface area contributed by atoms with Gasteiger partial charge in [0.15, 0.2) is 5.65 Å². The van der Waals surface area contributed by atoms with Crippen molar-refractivity contribution in [3.8, 4) is 6.07 Å². The van der Waals surface area contributed by atoms with Crippen LogP contribution in [0.4, 0.5) is 5.69 Å². The normalized spacial score (nSPS) is 19.9. The summed E-state index contributed by atoms with van der Waals surface area (Å²) in [6.07, 6.45) is 7.46. The minimum atomic E-state index is -0.0654. The molecule has 4 aromatic heterocycles. The van der Waals surface area contributed by atoms with Gasteiger partial charge in [0.2, 0.25) is 0 Å². The van der Waals surface area contributed by atoms with E-state index in [1.54, 1.807) is 34.9 Å². The Balaban J connectivity index is 1.51. The van der Waals surface area contributed by atoms with Gasteiger partial charge in [0.25, 0.3) is 5.56 Å². The first-order valence-electron chi connectivity index (χ1n) is 12.2. The highest BCUT2D eigenvalue weighted by molar-refractivity contribution is 5.88. The third-order valence-corrected chi connectivity index (χ3v) is 7.46. The molecule has 0 amide bonds. The lowest BCUT2D eigenvalue weighted by Gasteiger charge is -2.49. The lowest BCUT2D eigenvalue weighted by Crippen LogP contribution is -2.58. The van der Waals surface area contributed by atoms with Gasteiger partial charge in [-0.05, 0) is 37.5 Å². The summed E-state index contributed by atoms with van der Waals surface area (Å²) in [5, 5.41) is 22.1. The lowest BCUT2D eigenvalue weighted by atomic mass is 9.97. The molecule has 10 heteroatoms. The molecule has 1 aliphatic heterocycles. The second kappa shape index (κ2) is 9.15. The third-order valence-electron chi connectivity index (χ3n) is 7.46. The zero-order valence-electron chi connectivity index (χ0n) is 20.7. The van der Waals surface area contributed by atoms with Crippen molar-refractivity contribution in [1.29, 1.82) is 5.26 Å². The van der Waals surface area contributed by atoms with Crippen LogP contribution in [0.1, 0.15) is 45.2 Å². The number of nitrogens with zero attached hydrogens (tertiary/aromatic N) is 9. The zero-order chi connectivity index (χ0) is 24.7. The van der Waals surface area contributed by atoms with Crippen LogP contribution < -0.4 is 10.5 Å². The molecular formula is C25H31N9O. The lowest BCUT2D eigenvalue weighted by molar-refractivity contribution is 0.101. The second-order valence-electron chi connectivity index (χ2n) is 9.35. The average Bonchev–Trinajstić information content (AvgIpc) is 3.52. The van der Waals surface area contributed by atoms with E-state index in [0.29, 0.717) is 6.04 Å². The zero-order valence-corrected chi connectivity index (χ0v) is 20.7. The van der Waals surface area contributed by atoms with Crippen LogP contribution in [-0.4, -0.2) is 59.0 Å². The maximum Gasteiger partial charge on any atom is 0.252 e. The fourth-order valence-corrected chi connectivity index (χ4v) is 5.35. The first-order valence-corrected chi connectivity index (χ1v) is 12.2. The standard InChI is InChI=1S/C25H31N9O/c1-5-19-14-34(21-12-24(35)30(4)22-15-32(10-8-26)29-25(21)22)20(6-2)13-33(19)17(3)18-7-9-31-16-27-28-23(31)11-18/h7,9,11-12,15-17,19-20H,5-6,10,13-14H2,1-4H3/t17?,19-,20+/m1/s1. The van der Waals surface area contributed by atoms with Crippen LogP contribution >= 0.6 is 0 Å². The molecule has 0 aromatic carbocycles. The summed E-state index contributed by atoms with van der Waals surface area (Å²) in [7, 11) is 1.75. The van der Waals surface area contributed by atoms with Gasteiger partial charge in [0.05, 0.1) is 23.5 Å². The molecule has 3 atom stereocenters. The topological polar surface area (TPSA) is 100 Å². The van der Waals surface area contributed by atoms with E-state index >= 15 is 0 Å². The largest absolute Gasteiger partial charge is 0.364 e. The minimum absolute atomic E-state index is 0.0654. The molecule has 0 aliphatic carbocycles. The number of hydrogen-bond acceptors (Lipinski definition) is 7. The quantitative estimate of drug-likeness (QED) is 0.424. The van der Waals surface area contributed by atoms with Crippen LogP contribution in [0.15, 0.2) is 41.7 Å². The number of aromatic nitrogens is 6. The van der Waals surface area contributed by atoms with Gasteiger partial charge in [-0.1, -0.05) is 13.8 Å². The number of piperazine rings is 1. The van der Waals surface area contributed by atoms with E-state index in [-0.39, 0.29) is 24.2 Å². The number of rotatable bonds is 6. The van der Waals surface area contributed by atoms with Crippen LogP contribution in [-0.2, 0) is 13.6 Å². The van der Waals surface area contributed by atoms with Gasteiger partial charge in [-0.25, -0.2) is 0 Å². The maximum absolute atomic E-state index is 12.9. The van der Waals surface area contributed by atoms with Gasteiger partial charge < -0.3 is 9.47 Å². The highest BCUT2D eigenvalue weighted by atomic mass is 16.1. The molecular weight excluding hydrogens is 442 g/mol. The Kier molecular flexibility index (Phi) is 6.03. The summed E-state index contributed by atoms with van der Waals surface area (Å²) in [4.78, 5) is 17.8. The van der Waals surface area contributed by atoms with E-state index in [1.807, 2.05) is 10.6 Å². The molecule has 0 spiro atoms. The molecule has 5 rings (SSSR count). The Morgan fingerprint density at radius 2 is 2.00 bits per heavy atom. The van der Waals surface area contributed by atoms with Crippen LogP contribution in [0.3, 0.4) is 0 Å². The minimum Gasteiger partial charge on any atom is -0.364 e. The van der Waals surface area contributed by atoms with Gasteiger partial charge >= 0.3 is 0 Å². The van der Waals surface area contributed by atoms with Gasteiger partial charge in [0.1, 0.15) is 18.4 Å². The molecule has 1 aliphatic rings. The summed E-state index contributed by atoms with van der Waals surface area (Å²) < 4.78 is 5.15. The Hall–Kier alpha value is -3.71. The molecule has 1 fully saturated rings. The molecule has 10 nitrogen and oxygen atoms in total. The SMILES string of the molecule is CC[C@H]1CN(C(C)c2ccn3cnnc3c2)[C@H](CC)CN1c1cc(=O)n(C)c2cn(CC#N)nc12. The number of fused-ring (bicyclic) bond motifs is 2. The number of aryl methyl sites for hydroxylation is 1. The van der Waals surface area contributed by atoms with Gasteiger partial charge in [-0.3, -0.25) is 18.8 Å². The molecule has 0 saturated carbocycles. The number of anilines is 1. The highest BCUT2D eigenvalue weighted by Crippen LogP contribution is 2.34. The summed E-state index contributed by atoms with van der Waals surface area (Å²) in [5.41, 5.74) is 4.39. The third kappa shape index (κ3) is 3.96. The van der Waals surface area contributed by atoms with E-state index in [1.165, 1.54) is 5.56 Å². The summed E-state index contributed by atoms with van der Waals surface area (Å²) in [5.74, 6) is 0. The molecule has 35 heavy (non-hydrogen) atoms. The van der Waals surface area contributed by atoms with Crippen molar-refractivity contribution in [2.24, 2.45) is 7.05 Å². The van der Waals surface area contributed by atoms with Crippen molar-refractivity contribution in [2.75, 3.05) is 18.0 Å². The monoisotopic (exact) mass is 473 g/mol. The van der Waals surface area contributed by atoms with Crippen molar-refractivity contribution in [2.45, 2.75) is 58.3 Å². The Morgan fingerprint density at radius 3 is 2.74 bits per heavy atom. The summed E-state index contributed by atoms with van der Waals surface area (Å²) >= 11 is 0. The Morgan fingerprint density at radius 1 is 1.20 bits per heavy atom.